The van der Waals surface area contributed by atoms with Crippen LogP contribution < -0.4 is 10.5 Å². The van der Waals surface area contributed by atoms with Gasteiger partial charge in [-0.2, -0.15) is 5.10 Å². The Labute approximate surface area is 112 Å². The van der Waals surface area contributed by atoms with Crippen molar-refractivity contribution >= 4 is 5.69 Å². The van der Waals surface area contributed by atoms with Gasteiger partial charge in [0.15, 0.2) is 5.82 Å². The molecule has 0 bridgehead atoms. The fraction of sp³-hybridized carbons (Fsp3) is 0.357. The minimum Gasteiger partial charge on any atom is -0.494 e. The predicted molar refractivity (Wildman–Crippen MR) is 73.4 cm³/mol. The Morgan fingerprint density at radius 3 is 2.74 bits per heavy atom. The van der Waals surface area contributed by atoms with Gasteiger partial charge in [0.05, 0.1) is 13.3 Å². The summed E-state index contributed by atoms with van der Waals surface area (Å²) in [4.78, 5) is 0. The molecule has 0 radical (unpaired) electrons. The Balaban J connectivity index is 2.36. The quantitative estimate of drug-likeness (QED) is 0.863. The fourth-order valence-corrected chi connectivity index (χ4v) is 1.91. The van der Waals surface area contributed by atoms with E-state index in [1.54, 1.807) is 12.3 Å². The molecule has 0 fully saturated rings. The molecule has 1 aromatic carbocycles. The van der Waals surface area contributed by atoms with E-state index in [-0.39, 0.29) is 5.69 Å². The number of anilines is 1. The van der Waals surface area contributed by atoms with Crippen molar-refractivity contribution in [1.29, 1.82) is 0 Å². The van der Waals surface area contributed by atoms with E-state index in [2.05, 4.69) is 18.9 Å². The third kappa shape index (κ3) is 2.86. The first-order chi connectivity index (χ1) is 9.01. The Bertz CT molecular complexity index is 578. The zero-order chi connectivity index (χ0) is 14.0. The normalized spacial score (nSPS) is 11.0. The van der Waals surface area contributed by atoms with E-state index in [0.29, 0.717) is 17.2 Å². The summed E-state index contributed by atoms with van der Waals surface area (Å²) in [5, 5.41) is 4.26. The number of rotatable bonds is 4. The van der Waals surface area contributed by atoms with Crippen molar-refractivity contribution in [2.24, 2.45) is 5.92 Å². The lowest BCUT2D eigenvalue weighted by Gasteiger charge is -2.08. The van der Waals surface area contributed by atoms with Crippen LogP contribution in [0.4, 0.5) is 10.1 Å². The average Bonchev–Trinajstić information content (AvgIpc) is 2.80. The number of nitrogens with zero attached hydrogens (tertiary/aromatic N) is 2. The third-order valence-corrected chi connectivity index (χ3v) is 2.83. The molecule has 0 amide bonds. The highest BCUT2D eigenvalue weighted by Gasteiger charge is 2.11. The highest BCUT2D eigenvalue weighted by molar-refractivity contribution is 5.69. The van der Waals surface area contributed by atoms with E-state index in [1.807, 2.05) is 10.9 Å². The summed E-state index contributed by atoms with van der Waals surface area (Å²) < 4.78 is 20.6. The van der Waals surface area contributed by atoms with Gasteiger partial charge in [0, 0.05) is 18.3 Å². The molecule has 0 atom stereocenters. The fourth-order valence-electron chi connectivity index (χ4n) is 1.91. The van der Waals surface area contributed by atoms with Crippen LogP contribution in [0.5, 0.6) is 5.75 Å². The van der Waals surface area contributed by atoms with Gasteiger partial charge in [0.2, 0.25) is 0 Å². The van der Waals surface area contributed by atoms with Crippen LogP contribution >= 0.6 is 0 Å². The summed E-state index contributed by atoms with van der Waals surface area (Å²) in [7, 11) is 1.47. The summed E-state index contributed by atoms with van der Waals surface area (Å²) in [5.41, 5.74) is 7.17. The van der Waals surface area contributed by atoms with Gasteiger partial charge in [-0.3, -0.25) is 4.68 Å². The molecule has 2 N–H and O–H groups in total. The Hall–Kier alpha value is -2.04. The number of benzene rings is 1. The third-order valence-electron chi connectivity index (χ3n) is 2.83. The van der Waals surface area contributed by atoms with Crippen molar-refractivity contribution in [2.45, 2.75) is 20.4 Å². The van der Waals surface area contributed by atoms with Crippen LogP contribution in [0.25, 0.3) is 11.1 Å². The molecule has 1 aromatic heterocycles. The first kappa shape index (κ1) is 13.4. The van der Waals surface area contributed by atoms with Gasteiger partial charge in [-0.15, -0.1) is 0 Å². The smallest absolute Gasteiger partial charge is 0.150 e. The standard InChI is InChI=1S/C14H18FN3O/c1-9(2)7-18-8-11(6-17-18)10-4-12(15)14(16)13(5-10)19-3/h4-6,8-9H,7,16H2,1-3H3. The summed E-state index contributed by atoms with van der Waals surface area (Å²) in [5.74, 6) is 0.364. The molecule has 2 rings (SSSR count). The van der Waals surface area contributed by atoms with Gasteiger partial charge in [0.1, 0.15) is 11.4 Å². The molecule has 102 valence electrons. The molecular weight excluding hydrogens is 245 g/mol. The van der Waals surface area contributed by atoms with E-state index in [1.165, 1.54) is 13.2 Å². The number of nitrogens with two attached hydrogens (primary N) is 1. The molecule has 0 saturated carbocycles. The second-order valence-electron chi connectivity index (χ2n) is 4.92. The van der Waals surface area contributed by atoms with Crippen LogP contribution in [0.1, 0.15) is 13.8 Å². The topological polar surface area (TPSA) is 53.1 Å². The molecule has 0 saturated heterocycles. The van der Waals surface area contributed by atoms with Crippen molar-refractivity contribution in [3.63, 3.8) is 0 Å². The largest absolute Gasteiger partial charge is 0.494 e. The van der Waals surface area contributed by atoms with Gasteiger partial charge in [-0.05, 0) is 23.6 Å². The maximum atomic E-state index is 13.7. The van der Waals surface area contributed by atoms with Crippen LogP contribution in [-0.4, -0.2) is 16.9 Å². The predicted octanol–water partition coefficient (Wildman–Crippen LogP) is 2.94. The van der Waals surface area contributed by atoms with Crippen LogP contribution in [0.15, 0.2) is 24.5 Å². The van der Waals surface area contributed by atoms with Crippen LogP contribution in [0.2, 0.25) is 0 Å². The zero-order valence-electron chi connectivity index (χ0n) is 11.4. The number of methoxy groups -OCH3 is 1. The highest BCUT2D eigenvalue weighted by Crippen LogP contribution is 2.31. The number of hydrogen-bond donors (Lipinski definition) is 1. The van der Waals surface area contributed by atoms with Crippen molar-refractivity contribution < 1.29 is 9.13 Å². The van der Waals surface area contributed by atoms with E-state index < -0.39 is 5.82 Å². The molecule has 0 unspecified atom stereocenters. The number of ether oxygens (including phenoxy) is 1. The van der Waals surface area contributed by atoms with Gasteiger partial charge in [-0.1, -0.05) is 13.8 Å². The number of halogens is 1. The van der Waals surface area contributed by atoms with Crippen LogP contribution in [0, 0.1) is 11.7 Å². The minimum atomic E-state index is -0.481. The van der Waals surface area contributed by atoms with Crippen molar-refractivity contribution in [2.75, 3.05) is 12.8 Å². The Morgan fingerprint density at radius 2 is 2.11 bits per heavy atom. The van der Waals surface area contributed by atoms with E-state index in [0.717, 1.165) is 12.1 Å². The first-order valence-corrected chi connectivity index (χ1v) is 6.17. The second-order valence-corrected chi connectivity index (χ2v) is 4.92. The van der Waals surface area contributed by atoms with Crippen molar-refractivity contribution in [1.82, 2.24) is 9.78 Å². The average molecular weight is 263 g/mol. The Morgan fingerprint density at radius 1 is 1.37 bits per heavy atom. The van der Waals surface area contributed by atoms with Gasteiger partial charge in [0.25, 0.3) is 0 Å². The highest BCUT2D eigenvalue weighted by atomic mass is 19.1. The van der Waals surface area contributed by atoms with E-state index >= 15 is 0 Å². The molecule has 0 aliphatic heterocycles. The summed E-state index contributed by atoms with van der Waals surface area (Å²) >= 11 is 0. The Kier molecular flexibility index (Phi) is 3.74. The minimum absolute atomic E-state index is 0.0285. The molecule has 5 heteroatoms. The lowest BCUT2D eigenvalue weighted by atomic mass is 10.1. The van der Waals surface area contributed by atoms with Gasteiger partial charge in [-0.25, -0.2) is 4.39 Å². The first-order valence-electron chi connectivity index (χ1n) is 6.17. The van der Waals surface area contributed by atoms with E-state index in [9.17, 15) is 4.39 Å². The molecule has 4 nitrogen and oxygen atoms in total. The molecular formula is C14H18FN3O. The van der Waals surface area contributed by atoms with Crippen molar-refractivity contribution in [3.8, 4) is 16.9 Å². The molecule has 0 aliphatic carbocycles. The number of nitrogen functional groups attached to an aromatic ring is 1. The molecule has 2 aromatic rings. The second kappa shape index (κ2) is 5.30. The maximum absolute atomic E-state index is 13.7. The van der Waals surface area contributed by atoms with Crippen molar-refractivity contribution in [3.05, 3.63) is 30.3 Å². The lowest BCUT2D eigenvalue weighted by Crippen LogP contribution is -2.04. The maximum Gasteiger partial charge on any atom is 0.150 e. The molecule has 19 heavy (non-hydrogen) atoms. The summed E-state index contributed by atoms with van der Waals surface area (Å²) in [6, 6.07) is 3.11. The van der Waals surface area contributed by atoms with Crippen LogP contribution in [0.3, 0.4) is 0 Å². The molecule has 1 heterocycles. The SMILES string of the molecule is COc1cc(-c2cnn(CC(C)C)c2)cc(F)c1N. The molecule has 0 aliphatic rings. The monoisotopic (exact) mass is 263 g/mol. The number of hydrogen-bond acceptors (Lipinski definition) is 3. The lowest BCUT2D eigenvalue weighted by molar-refractivity contribution is 0.414. The number of aromatic nitrogens is 2. The summed E-state index contributed by atoms with van der Waals surface area (Å²) in [6.45, 7) is 5.06. The van der Waals surface area contributed by atoms with Gasteiger partial charge >= 0.3 is 0 Å². The molecule has 0 spiro atoms. The zero-order valence-corrected chi connectivity index (χ0v) is 11.4. The van der Waals surface area contributed by atoms with Gasteiger partial charge < -0.3 is 10.5 Å². The summed E-state index contributed by atoms with van der Waals surface area (Å²) in [6.07, 6.45) is 3.61. The van der Waals surface area contributed by atoms with E-state index in [4.69, 9.17) is 10.5 Å². The van der Waals surface area contributed by atoms with Crippen LogP contribution in [-0.2, 0) is 6.54 Å².